The van der Waals surface area contributed by atoms with E-state index in [9.17, 15) is 4.79 Å². The van der Waals surface area contributed by atoms with Crippen molar-refractivity contribution < 1.29 is 4.79 Å². The molecule has 0 spiro atoms. The zero-order chi connectivity index (χ0) is 9.68. The molecular weight excluding hydrogens is 186 g/mol. The van der Waals surface area contributed by atoms with E-state index in [-0.39, 0.29) is 5.78 Å². The molecule has 0 aliphatic rings. The molecule has 1 aromatic heterocycles. The van der Waals surface area contributed by atoms with Crippen molar-refractivity contribution in [3.05, 3.63) is 5.82 Å². The molecular formula is C8H13N3OS. The molecule has 72 valence electrons. The third-order valence-corrected chi connectivity index (χ3v) is 2.11. The number of carbonyl (C=O) groups excluding carboxylic acids is 1. The van der Waals surface area contributed by atoms with Gasteiger partial charge >= 0.3 is 0 Å². The molecule has 1 rings (SSSR count). The van der Waals surface area contributed by atoms with Crippen LogP contribution in [0.1, 0.15) is 26.1 Å². The predicted octanol–water partition coefficient (Wildman–Crippen LogP) is 1.49. The molecule has 0 radical (unpaired) electrons. The summed E-state index contributed by atoms with van der Waals surface area (Å²) >= 11 is 1.31. The normalized spacial score (nSPS) is 10.0. The van der Waals surface area contributed by atoms with E-state index in [1.54, 1.807) is 6.92 Å². The molecule has 0 aliphatic heterocycles. The van der Waals surface area contributed by atoms with E-state index < -0.39 is 0 Å². The molecule has 4 nitrogen and oxygen atoms in total. The van der Waals surface area contributed by atoms with E-state index in [0.717, 1.165) is 18.1 Å². The van der Waals surface area contributed by atoms with Crippen molar-refractivity contribution >= 4 is 22.4 Å². The number of Topliss-reactive ketones (excluding diaryl/α,β-unsaturated/α-hetero) is 1. The first-order valence-corrected chi connectivity index (χ1v) is 5.05. The smallest absolute Gasteiger partial charge is 0.202 e. The van der Waals surface area contributed by atoms with Crippen molar-refractivity contribution in [3.63, 3.8) is 0 Å². The predicted molar refractivity (Wildman–Crippen MR) is 53.1 cm³/mol. The van der Waals surface area contributed by atoms with Crippen LogP contribution >= 0.6 is 11.5 Å². The number of rotatable bonds is 5. The lowest BCUT2D eigenvalue weighted by Crippen LogP contribution is -2.01. The van der Waals surface area contributed by atoms with Crippen LogP contribution in [0.4, 0.5) is 5.13 Å². The fourth-order valence-electron chi connectivity index (χ4n) is 0.852. The summed E-state index contributed by atoms with van der Waals surface area (Å²) in [5, 5.41) is 3.93. The van der Waals surface area contributed by atoms with Crippen molar-refractivity contribution in [1.82, 2.24) is 9.36 Å². The number of hydrogen-bond acceptors (Lipinski definition) is 5. The first-order valence-electron chi connectivity index (χ1n) is 4.28. The molecule has 0 aliphatic carbocycles. The Morgan fingerprint density at radius 1 is 1.62 bits per heavy atom. The van der Waals surface area contributed by atoms with Crippen LogP contribution in [0.5, 0.6) is 0 Å². The summed E-state index contributed by atoms with van der Waals surface area (Å²) in [6.45, 7) is 4.53. The fourth-order valence-corrected chi connectivity index (χ4v) is 1.46. The van der Waals surface area contributed by atoms with Crippen molar-refractivity contribution in [2.24, 2.45) is 0 Å². The Balaban J connectivity index is 2.48. The minimum absolute atomic E-state index is 0.0971. The maximum atomic E-state index is 10.7. The van der Waals surface area contributed by atoms with E-state index in [2.05, 4.69) is 21.6 Å². The number of carbonyl (C=O) groups is 1. The van der Waals surface area contributed by atoms with Gasteiger partial charge in [0, 0.05) is 18.1 Å². The Bertz CT molecular complexity index is 285. The Labute approximate surface area is 81.6 Å². The van der Waals surface area contributed by atoms with Gasteiger partial charge in [-0.2, -0.15) is 4.37 Å². The Morgan fingerprint density at radius 2 is 2.38 bits per heavy atom. The first kappa shape index (κ1) is 10.1. The topological polar surface area (TPSA) is 54.9 Å². The van der Waals surface area contributed by atoms with Gasteiger partial charge < -0.3 is 5.32 Å². The van der Waals surface area contributed by atoms with Crippen LogP contribution in [-0.2, 0) is 11.2 Å². The molecule has 1 N–H and O–H groups in total. The van der Waals surface area contributed by atoms with Gasteiger partial charge in [-0.15, -0.1) is 0 Å². The zero-order valence-electron chi connectivity index (χ0n) is 7.83. The van der Waals surface area contributed by atoms with E-state index in [0.29, 0.717) is 12.2 Å². The van der Waals surface area contributed by atoms with Gasteiger partial charge in [-0.3, -0.25) is 4.79 Å². The van der Waals surface area contributed by atoms with Gasteiger partial charge in [0.15, 0.2) is 5.82 Å². The molecule has 1 heterocycles. The van der Waals surface area contributed by atoms with Crippen LogP contribution < -0.4 is 5.32 Å². The molecule has 0 bridgehead atoms. The fraction of sp³-hybridized carbons (Fsp3) is 0.625. The maximum Gasteiger partial charge on any atom is 0.202 e. The van der Waals surface area contributed by atoms with Gasteiger partial charge in [-0.25, -0.2) is 4.98 Å². The van der Waals surface area contributed by atoms with Crippen LogP contribution in [0.2, 0.25) is 0 Å². The Kier molecular flexibility index (Phi) is 3.82. The average molecular weight is 199 g/mol. The zero-order valence-corrected chi connectivity index (χ0v) is 8.65. The molecule has 0 amide bonds. The number of ketones is 1. The second-order valence-electron chi connectivity index (χ2n) is 2.82. The average Bonchev–Trinajstić information content (AvgIpc) is 2.48. The van der Waals surface area contributed by atoms with Crippen LogP contribution in [0.15, 0.2) is 0 Å². The number of nitrogens with zero attached hydrogens (tertiary/aromatic N) is 2. The molecule has 0 saturated heterocycles. The van der Waals surface area contributed by atoms with Gasteiger partial charge in [-0.1, -0.05) is 6.92 Å². The molecule has 5 heteroatoms. The summed E-state index contributed by atoms with van der Waals surface area (Å²) in [4.78, 5) is 14.9. The van der Waals surface area contributed by atoms with Gasteiger partial charge in [-0.05, 0) is 13.3 Å². The highest BCUT2D eigenvalue weighted by molar-refractivity contribution is 7.09. The monoisotopic (exact) mass is 199 g/mol. The second kappa shape index (κ2) is 4.91. The van der Waals surface area contributed by atoms with Crippen LogP contribution in [0, 0.1) is 0 Å². The third kappa shape index (κ3) is 3.50. The third-order valence-electron chi connectivity index (χ3n) is 1.40. The SMILES string of the molecule is CCCNc1nc(CC(C)=O)ns1. The molecule has 1 aromatic rings. The molecule has 0 aromatic carbocycles. The largest absolute Gasteiger partial charge is 0.360 e. The van der Waals surface area contributed by atoms with E-state index in [1.807, 2.05) is 0 Å². The lowest BCUT2D eigenvalue weighted by molar-refractivity contribution is -0.116. The Hall–Kier alpha value is -0.970. The van der Waals surface area contributed by atoms with Gasteiger partial charge in [0.25, 0.3) is 0 Å². The highest BCUT2D eigenvalue weighted by Crippen LogP contribution is 2.10. The molecule has 13 heavy (non-hydrogen) atoms. The molecule has 0 fully saturated rings. The summed E-state index contributed by atoms with van der Waals surface area (Å²) in [6, 6.07) is 0. The van der Waals surface area contributed by atoms with Crippen LogP contribution in [0.25, 0.3) is 0 Å². The van der Waals surface area contributed by atoms with Crippen LogP contribution in [-0.4, -0.2) is 21.7 Å². The second-order valence-corrected chi connectivity index (χ2v) is 3.57. The summed E-state index contributed by atoms with van der Waals surface area (Å²) in [7, 11) is 0. The van der Waals surface area contributed by atoms with E-state index in [1.165, 1.54) is 11.5 Å². The lowest BCUT2D eigenvalue weighted by atomic mass is 10.3. The quantitative estimate of drug-likeness (QED) is 0.780. The lowest BCUT2D eigenvalue weighted by Gasteiger charge is -1.95. The molecule has 0 saturated carbocycles. The van der Waals surface area contributed by atoms with E-state index in [4.69, 9.17) is 0 Å². The van der Waals surface area contributed by atoms with E-state index >= 15 is 0 Å². The van der Waals surface area contributed by atoms with Gasteiger partial charge in [0.2, 0.25) is 5.13 Å². The van der Waals surface area contributed by atoms with Crippen LogP contribution in [0.3, 0.4) is 0 Å². The van der Waals surface area contributed by atoms with Crippen molar-refractivity contribution in [2.45, 2.75) is 26.7 Å². The number of hydrogen-bond donors (Lipinski definition) is 1. The molecule has 0 atom stereocenters. The summed E-state index contributed by atoms with van der Waals surface area (Å²) < 4.78 is 4.06. The standard InChI is InChI=1S/C8H13N3OS/c1-3-4-9-8-10-7(11-13-8)5-6(2)12/h3-5H2,1-2H3,(H,9,10,11). The highest BCUT2D eigenvalue weighted by atomic mass is 32.1. The van der Waals surface area contributed by atoms with Crippen molar-refractivity contribution in [3.8, 4) is 0 Å². The van der Waals surface area contributed by atoms with Crippen molar-refractivity contribution in [1.29, 1.82) is 0 Å². The number of anilines is 1. The minimum Gasteiger partial charge on any atom is -0.360 e. The minimum atomic E-state index is 0.0971. The summed E-state index contributed by atoms with van der Waals surface area (Å²) in [5.74, 6) is 0.718. The van der Waals surface area contributed by atoms with Gasteiger partial charge in [0.05, 0.1) is 6.42 Å². The molecule has 0 unspecified atom stereocenters. The Morgan fingerprint density at radius 3 is 3.00 bits per heavy atom. The summed E-state index contributed by atoms with van der Waals surface area (Å²) in [6.07, 6.45) is 1.39. The number of aromatic nitrogens is 2. The van der Waals surface area contributed by atoms with Crippen molar-refractivity contribution in [2.75, 3.05) is 11.9 Å². The first-order chi connectivity index (χ1) is 6.22. The number of nitrogens with one attached hydrogen (secondary N) is 1. The summed E-state index contributed by atoms with van der Waals surface area (Å²) in [5.41, 5.74) is 0. The van der Waals surface area contributed by atoms with Gasteiger partial charge in [0.1, 0.15) is 5.78 Å². The highest BCUT2D eigenvalue weighted by Gasteiger charge is 2.04. The maximum absolute atomic E-state index is 10.7.